The highest BCUT2D eigenvalue weighted by molar-refractivity contribution is 6.02. The highest BCUT2D eigenvalue weighted by atomic mass is 19.1. The topological polar surface area (TPSA) is 66.4 Å². The van der Waals surface area contributed by atoms with E-state index >= 15 is 4.39 Å². The van der Waals surface area contributed by atoms with Gasteiger partial charge in [0.2, 0.25) is 0 Å². The van der Waals surface area contributed by atoms with Gasteiger partial charge in [0.25, 0.3) is 0 Å². The summed E-state index contributed by atoms with van der Waals surface area (Å²) in [4.78, 5) is 18.1. The maximum absolute atomic E-state index is 16.6. The monoisotopic (exact) mass is 572 g/mol. The first-order valence-corrected chi connectivity index (χ1v) is 14.5. The van der Waals surface area contributed by atoms with Crippen molar-refractivity contribution in [2.24, 2.45) is 0 Å². The maximum atomic E-state index is 16.6. The Balaban J connectivity index is 1.36. The van der Waals surface area contributed by atoms with Gasteiger partial charge in [0.15, 0.2) is 5.82 Å². The van der Waals surface area contributed by atoms with E-state index in [0.29, 0.717) is 47.1 Å². The van der Waals surface area contributed by atoms with Crippen LogP contribution in [0.3, 0.4) is 0 Å². The number of pyridine rings is 1. The molecule has 5 heterocycles. The van der Waals surface area contributed by atoms with Crippen LogP contribution in [0.4, 0.5) is 19.0 Å². The van der Waals surface area contributed by atoms with Gasteiger partial charge in [0.05, 0.1) is 16.5 Å². The number of nitrogens with one attached hydrogen (secondary N) is 1. The Morgan fingerprint density at radius 2 is 2.00 bits per heavy atom. The summed E-state index contributed by atoms with van der Waals surface area (Å²) >= 11 is 0. The molecule has 2 aromatic carbocycles. The number of ether oxygens (including phenoxy) is 1. The molecule has 0 unspecified atom stereocenters. The van der Waals surface area contributed by atoms with E-state index in [2.05, 4.69) is 31.0 Å². The predicted molar refractivity (Wildman–Crippen MR) is 156 cm³/mol. The summed E-state index contributed by atoms with van der Waals surface area (Å²) in [5, 5.41) is 4.93. The molecule has 0 amide bonds. The van der Waals surface area contributed by atoms with Gasteiger partial charge in [-0.3, -0.25) is 9.88 Å². The molecule has 0 radical (unpaired) electrons. The lowest BCUT2D eigenvalue weighted by atomic mass is 9.95. The van der Waals surface area contributed by atoms with Crippen LogP contribution in [0.1, 0.15) is 31.2 Å². The second-order valence-corrected chi connectivity index (χ2v) is 11.4. The number of hydrogen-bond donors (Lipinski definition) is 1. The molecule has 7 rings (SSSR count). The van der Waals surface area contributed by atoms with E-state index in [0.717, 1.165) is 45.4 Å². The molecule has 1 N–H and O–H groups in total. The van der Waals surface area contributed by atoms with E-state index in [4.69, 9.17) is 16.1 Å². The highest BCUT2D eigenvalue weighted by Gasteiger charge is 2.49. The maximum Gasteiger partial charge on any atom is 0.319 e. The molecule has 7 nitrogen and oxygen atoms in total. The van der Waals surface area contributed by atoms with Crippen molar-refractivity contribution in [2.75, 3.05) is 50.8 Å². The van der Waals surface area contributed by atoms with Gasteiger partial charge in [-0.25, -0.2) is 13.2 Å². The van der Waals surface area contributed by atoms with Gasteiger partial charge in [-0.15, -0.1) is 6.42 Å². The van der Waals surface area contributed by atoms with Gasteiger partial charge in [-0.1, -0.05) is 30.2 Å². The van der Waals surface area contributed by atoms with E-state index in [9.17, 15) is 8.78 Å². The lowest BCUT2D eigenvalue weighted by molar-refractivity contribution is 0.107. The molecule has 2 aromatic heterocycles. The minimum Gasteiger partial charge on any atom is -0.461 e. The summed E-state index contributed by atoms with van der Waals surface area (Å²) in [6, 6.07) is 8.21. The van der Waals surface area contributed by atoms with Crippen LogP contribution in [0.5, 0.6) is 6.01 Å². The van der Waals surface area contributed by atoms with Crippen molar-refractivity contribution < 1.29 is 17.9 Å². The third-order valence-electron chi connectivity index (χ3n) is 8.91. The van der Waals surface area contributed by atoms with Crippen molar-refractivity contribution >= 4 is 27.5 Å². The Kier molecular flexibility index (Phi) is 6.87. The van der Waals surface area contributed by atoms with Crippen molar-refractivity contribution in [2.45, 2.75) is 37.4 Å². The minimum atomic E-state index is -0.893. The molecule has 0 aliphatic carbocycles. The zero-order valence-corrected chi connectivity index (χ0v) is 23.2. The van der Waals surface area contributed by atoms with E-state index < -0.39 is 23.3 Å². The molecular weight excluding hydrogens is 541 g/mol. The van der Waals surface area contributed by atoms with Crippen molar-refractivity contribution in [1.29, 1.82) is 0 Å². The van der Waals surface area contributed by atoms with Gasteiger partial charge in [0, 0.05) is 49.7 Å². The molecule has 216 valence electrons. The van der Waals surface area contributed by atoms with Crippen LogP contribution < -0.4 is 15.0 Å². The highest BCUT2D eigenvalue weighted by Crippen LogP contribution is 2.41. The summed E-state index contributed by atoms with van der Waals surface area (Å²) in [7, 11) is 0. The summed E-state index contributed by atoms with van der Waals surface area (Å²) in [6.45, 7) is 4.49. The second-order valence-electron chi connectivity index (χ2n) is 11.4. The van der Waals surface area contributed by atoms with Gasteiger partial charge in [-0.2, -0.15) is 9.97 Å². The van der Waals surface area contributed by atoms with E-state index in [-0.39, 0.29) is 29.4 Å². The summed E-state index contributed by atoms with van der Waals surface area (Å²) in [5.41, 5.74) is 0.104. The zero-order valence-electron chi connectivity index (χ0n) is 23.2. The number of fused-ring (bicyclic) bond motifs is 3. The number of aromatic nitrogens is 3. The number of benzene rings is 2. The Morgan fingerprint density at radius 3 is 2.88 bits per heavy atom. The number of terminal acetylenes is 1. The molecule has 3 fully saturated rings. The van der Waals surface area contributed by atoms with Crippen molar-refractivity contribution in [3.63, 3.8) is 0 Å². The zero-order chi connectivity index (χ0) is 28.8. The Hall–Kier alpha value is -3.94. The third kappa shape index (κ3) is 4.52. The number of alkyl halides is 1. The summed E-state index contributed by atoms with van der Waals surface area (Å²) < 4.78 is 51.9. The number of rotatable bonds is 5. The standard InChI is InChI=1S/C32H31F3N6O/c1-2-22-25(34)9-8-20-6-3-7-23(26(20)22)28-27(35)29-24(17-37-28)30(40-13-5-11-36-12-15-40)39-31(38-29)42-19-32-10-4-14-41(32)18-21(33)16-32/h1,3,6-9,17,21,36H,4-5,10-16,18-19H2/t21-,32+/m1/s1. The third-order valence-corrected chi connectivity index (χ3v) is 8.91. The molecule has 10 heteroatoms. The Morgan fingerprint density at radius 1 is 1.10 bits per heavy atom. The van der Waals surface area contributed by atoms with Crippen LogP contribution in [0.25, 0.3) is 32.9 Å². The van der Waals surface area contributed by atoms with E-state index in [1.807, 2.05) is 0 Å². The van der Waals surface area contributed by atoms with Gasteiger partial charge >= 0.3 is 6.01 Å². The van der Waals surface area contributed by atoms with E-state index in [1.165, 1.54) is 6.07 Å². The predicted octanol–water partition coefficient (Wildman–Crippen LogP) is 4.86. The fraction of sp³-hybridized carbons (Fsp3) is 0.406. The van der Waals surface area contributed by atoms with E-state index in [1.54, 1.807) is 30.5 Å². The Bertz CT molecular complexity index is 1720. The minimum absolute atomic E-state index is 0.0139. The van der Waals surface area contributed by atoms with Gasteiger partial charge < -0.3 is 15.0 Å². The van der Waals surface area contributed by atoms with Crippen LogP contribution in [-0.2, 0) is 0 Å². The van der Waals surface area contributed by atoms with Crippen LogP contribution in [-0.4, -0.2) is 77.4 Å². The van der Waals surface area contributed by atoms with Gasteiger partial charge in [0.1, 0.15) is 35.6 Å². The average Bonchev–Trinajstić information content (AvgIpc) is 3.37. The lowest BCUT2D eigenvalue weighted by Crippen LogP contribution is -2.43. The SMILES string of the molecule is C#Cc1c(F)ccc2cccc(-c3ncc4c(N5CCCNCC5)nc(OC[C@@]56CCCN5C[C@H](F)C6)nc4c3F)c12. The largest absolute Gasteiger partial charge is 0.461 e. The van der Waals surface area contributed by atoms with Crippen LogP contribution >= 0.6 is 0 Å². The first-order valence-electron chi connectivity index (χ1n) is 14.5. The van der Waals surface area contributed by atoms with Crippen molar-refractivity contribution in [1.82, 2.24) is 25.2 Å². The molecule has 3 aliphatic heterocycles. The first-order chi connectivity index (χ1) is 20.5. The smallest absolute Gasteiger partial charge is 0.319 e. The van der Waals surface area contributed by atoms with Gasteiger partial charge in [-0.05, 0) is 43.8 Å². The number of nitrogens with zero attached hydrogens (tertiary/aromatic N) is 5. The second kappa shape index (κ2) is 10.7. The normalized spacial score (nSPS) is 22.8. The fourth-order valence-electron chi connectivity index (χ4n) is 6.91. The molecule has 4 aromatic rings. The molecule has 42 heavy (non-hydrogen) atoms. The summed E-state index contributed by atoms with van der Waals surface area (Å²) in [6.07, 6.45) is 9.47. The van der Waals surface area contributed by atoms with Crippen molar-refractivity contribution in [3.05, 3.63) is 53.7 Å². The Labute approximate surface area is 242 Å². The molecule has 0 spiro atoms. The van der Waals surface area contributed by atoms with Crippen LogP contribution in [0, 0.1) is 24.0 Å². The molecule has 0 saturated carbocycles. The quantitative estimate of drug-likeness (QED) is 0.343. The molecule has 3 aliphatic rings. The summed E-state index contributed by atoms with van der Waals surface area (Å²) in [5.74, 6) is 1.74. The molecule has 2 atom stereocenters. The first kappa shape index (κ1) is 26.9. The molecular formula is C32H31F3N6O. The number of halogens is 3. The van der Waals surface area contributed by atoms with Crippen molar-refractivity contribution in [3.8, 4) is 29.6 Å². The molecule has 3 saturated heterocycles. The molecule has 0 bridgehead atoms. The average molecular weight is 573 g/mol. The van der Waals surface area contributed by atoms with Crippen LogP contribution in [0.15, 0.2) is 36.5 Å². The number of anilines is 1. The van der Waals surface area contributed by atoms with Crippen LogP contribution in [0.2, 0.25) is 0 Å². The fourth-order valence-corrected chi connectivity index (χ4v) is 6.91. The number of hydrogen-bond acceptors (Lipinski definition) is 7. The lowest BCUT2D eigenvalue weighted by Gasteiger charge is -2.31.